The minimum atomic E-state index is -0.142. The second-order valence-electron chi connectivity index (χ2n) is 6.71. The lowest BCUT2D eigenvalue weighted by molar-refractivity contribution is 0.613. The summed E-state index contributed by atoms with van der Waals surface area (Å²) in [6.07, 6.45) is 3.32. The molecule has 6 nitrogen and oxygen atoms in total. The summed E-state index contributed by atoms with van der Waals surface area (Å²) in [5.41, 5.74) is 4.11. The molecule has 5 aromatic rings. The van der Waals surface area contributed by atoms with E-state index in [1.165, 1.54) is 11.3 Å². The molecule has 138 valence electrons. The number of hydrogen-bond acceptors (Lipinski definition) is 5. The number of aryl methyl sites for hydroxylation is 1. The molecule has 0 amide bonds. The van der Waals surface area contributed by atoms with E-state index >= 15 is 0 Å². The zero-order valence-corrected chi connectivity index (χ0v) is 16.2. The molecular formula is C21H17N5OS. The summed E-state index contributed by atoms with van der Waals surface area (Å²) in [6, 6.07) is 13.7. The van der Waals surface area contributed by atoms with Gasteiger partial charge in [-0.25, -0.2) is 15.0 Å². The molecule has 0 aliphatic carbocycles. The van der Waals surface area contributed by atoms with Crippen LogP contribution in [0.15, 0.2) is 65.3 Å². The quantitative estimate of drug-likeness (QED) is 0.467. The molecule has 7 heteroatoms. The van der Waals surface area contributed by atoms with Gasteiger partial charge in [-0.15, -0.1) is 11.3 Å². The number of pyridine rings is 1. The van der Waals surface area contributed by atoms with E-state index in [0.29, 0.717) is 0 Å². The fraction of sp³-hybridized carbons (Fsp3) is 0.143. The molecule has 0 saturated carbocycles. The summed E-state index contributed by atoms with van der Waals surface area (Å²) in [7, 11) is 0. The molecule has 4 aromatic heterocycles. The van der Waals surface area contributed by atoms with Crippen LogP contribution in [0.1, 0.15) is 24.4 Å². The highest BCUT2D eigenvalue weighted by Gasteiger charge is 2.20. The Bertz CT molecular complexity index is 1370. The molecular weight excluding hydrogens is 370 g/mol. The van der Waals surface area contributed by atoms with Gasteiger partial charge < -0.3 is 4.57 Å². The molecule has 1 aromatic carbocycles. The lowest BCUT2D eigenvalue weighted by Gasteiger charge is -2.20. The van der Waals surface area contributed by atoms with Crippen LogP contribution in [-0.4, -0.2) is 24.1 Å². The van der Waals surface area contributed by atoms with Crippen LogP contribution < -0.4 is 5.56 Å². The summed E-state index contributed by atoms with van der Waals surface area (Å²) in [6.45, 7) is 3.98. The van der Waals surface area contributed by atoms with Crippen molar-refractivity contribution in [2.75, 3.05) is 0 Å². The topological polar surface area (TPSA) is 65.6 Å². The Hall–Kier alpha value is -3.32. The predicted molar refractivity (Wildman–Crippen MR) is 111 cm³/mol. The molecule has 5 rings (SSSR count). The van der Waals surface area contributed by atoms with Crippen molar-refractivity contribution in [3.05, 3.63) is 82.2 Å². The van der Waals surface area contributed by atoms with Crippen LogP contribution in [0, 0.1) is 6.92 Å². The zero-order valence-electron chi connectivity index (χ0n) is 15.4. The van der Waals surface area contributed by atoms with Crippen LogP contribution in [0.4, 0.5) is 0 Å². The number of rotatable bonds is 3. The third-order valence-corrected chi connectivity index (χ3v) is 5.97. The van der Waals surface area contributed by atoms with Crippen LogP contribution in [0.3, 0.4) is 0 Å². The lowest BCUT2D eigenvalue weighted by atomic mass is 10.1. The first-order chi connectivity index (χ1) is 13.6. The average molecular weight is 387 g/mol. The SMILES string of the molecule is Cc1ncnc2c1ncn2C(C)c1cc2ccsc2c(=O)n1-c1ccccc1. The van der Waals surface area contributed by atoms with Gasteiger partial charge in [0.25, 0.3) is 5.56 Å². The summed E-state index contributed by atoms with van der Waals surface area (Å²) in [5, 5.41) is 2.92. The normalized spacial score (nSPS) is 12.6. The van der Waals surface area contributed by atoms with Crippen LogP contribution >= 0.6 is 11.3 Å². The molecule has 0 spiro atoms. The maximum Gasteiger partial charge on any atom is 0.273 e. The first-order valence-electron chi connectivity index (χ1n) is 8.98. The Morgan fingerprint density at radius 3 is 2.71 bits per heavy atom. The highest BCUT2D eigenvalue weighted by molar-refractivity contribution is 7.17. The smallest absolute Gasteiger partial charge is 0.273 e. The van der Waals surface area contributed by atoms with Crippen molar-refractivity contribution < 1.29 is 0 Å². The molecule has 1 unspecified atom stereocenters. The number of nitrogens with zero attached hydrogens (tertiary/aromatic N) is 5. The highest BCUT2D eigenvalue weighted by Crippen LogP contribution is 2.28. The number of para-hydroxylation sites is 1. The van der Waals surface area contributed by atoms with Crippen LogP contribution in [0.25, 0.3) is 26.9 Å². The molecule has 0 fully saturated rings. The summed E-state index contributed by atoms with van der Waals surface area (Å²) >= 11 is 1.47. The van der Waals surface area contributed by atoms with Gasteiger partial charge in [0, 0.05) is 11.4 Å². The minimum Gasteiger partial charge on any atom is -0.306 e. The maximum absolute atomic E-state index is 13.3. The van der Waals surface area contributed by atoms with Gasteiger partial charge in [0.1, 0.15) is 16.5 Å². The third-order valence-electron chi connectivity index (χ3n) is 5.06. The van der Waals surface area contributed by atoms with Crippen molar-refractivity contribution in [3.63, 3.8) is 0 Å². The Morgan fingerprint density at radius 1 is 1.07 bits per heavy atom. The number of imidazole rings is 1. The second-order valence-corrected chi connectivity index (χ2v) is 7.63. The van der Waals surface area contributed by atoms with Gasteiger partial charge in [0.2, 0.25) is 0 Å². The molecule has 0 saturated heterocycles. The minimum absolute atomic E-state index is 0.00391. The molecule has 4 heterocycles. The van der Waals surface area contributed by atoms with Gasteiger partial charge in [-0.1, -0.05) is 18.2 Å². The Morgan fingerprint density at radius 2 is 1.89 bits per heavy atom. The monoisotopic (exact) mass is 387 g/mol. The number of aromatic nitrogens is 5. The van der Waals surface area contributed by atoms with E-state index in [1.807, 2.05) is 53.3 Å². The van der Waals surface area contributed by atoms with E-state index < -0.39 is 0 Å². The Labute approximate surface area is 164 Å². The molecule has 0 bridgehead atoms. The maximum atomic E-state index is 13.3. The number of benzene rings is 1. The highest BCUT2D eigenvalue weighted by atomic mass is 32.1. The van der Waals surface area contributed by atoms with E-state index in [1.54, 1.807) is 17.2 Å². The molecule has 0 aliphatic heterocycles. The first-order valence-corrected chi connectivity index (χ1v) is 9.86. The summed E-state index contributed by atoms with van der Waals surface area (Å²) in [5.74, 6) is 0. The second kappa shape index (κ2) is 6.38. The van der Waals surface area contributed by atoms with Crippen LogP contribution in [0.2, 0.25) is 0 Å². The number of hydrogen-bond donors (Lipinski definition) is 0. The van der Waals surface area contributed by atoms with Crippen molar-refractivity contribution in [1.29, 1.82) is 0 Å². The van der Waals surface area contributed by atoms with Crippen molar-refractivity contribution in [2.45, 2.75) is 19.9 Å². The van der Waals surface area contributed by atoms with E-state index in [-0.39, 0.29) is 11.6 Å². The predicted octanol–water partition coefficient (Wildman–Crippen LogP) is 4.11. The van der Waals surface area contributed by atoms with Gasteiger partial charge in [0.05, 0.1) is 18.1 Å². The third kappa shape index (κ3) is 2.47. The van der Waals surface area contributed by atoms with Crippen LogP contribution in [-0.2, 0) is 0 Å². The average Bonchev–Trinajstić information content (AvgIpc) is 3.36. The van der Waals surface area contributed by atoms with Crippen LogP contribution in [0.5, 0.6) is 0 Å². The van der Waals surface area contributed by atoms with E-state index in [2.05, 4.69) is 27.9 Å². The standard InChI is InChI=1S/C21H17N5OS/c1-13-18-20(23-11-22-13)25(12-24-18)14(2)17-10-15-8-9-28-19(15)21(27)26(17)16-6-4-3-5-7-16/h3-12,14H,1-2H3. The number of thiophene rings is 1. The lowest BCUT2D eigenvalue weighted by Crippen LogP contribution is -2.24. The van der Waals surface area contributed by atoms with Gasteiger partial charge in [-0.05, 0) is 48.9 Å². The Kier molecular flexibility index (Phi) is 3.84. The first kappa shape index (κ1) is 16.8. The zero-order chi connectivity index (χ0) is 19.3. The molecule has 0 N–H and O–H groups in total. The van der Waals surface area contributed by atoms with Gasteiger partial charge >= 0.3 is 0 Å². The van der Waals surface area contributed by atoms with Crippen molar-refractivity contribution in [2.24, 2.45) is 0 Å². The van der Waals surface area contributed by atoms with E-state index in [0.717, 1.165) is 38.3 Å². The van der Waals surface area contributed by atoms with Crippen molar-refractivity contribution in [1.82, 2.24) is 24.1 Å². The van der Waals surface area contributed by atoms with E-state index in [9.17, 15) is 4.79 Å². The molecule has 28 heavy (non-hydrogen) atoms. The van der Waals surface area contributed by atoms with Gasteiger partial charge in [-0.3, -0.25) is 9.36 Å². The molecule has 0 aliphatic rings. The summed E-state index contributed by atoms with van der Waals surface area (Å²) < 4.78 is 4.55. The fourth-order valence-corrected chi connectivity index (χ4v) is 4.40. The van der Waals surface area contributed by atoms with Gasteiger partial charge in [-0.2, -0.15) is 0 Å². The Balaban J connectivity index is 1.80. The largest absolute Gasteiger partial charge is 0.306 e. The molecule has 0 radical (unpaired) electrons. The van der Waals surface area contributed by atoms with Gasteiger partial charge in [0.15, 0.2) is 5.65 Å². The van der Waals surface area contributed by atoms with Crippen molar-refractivity contribution in [3.8, 4) is 5.69 Å². The fourth-order valence-electron chi connectivity index (χ4n) is 3.60. The molecule has 1 atom stereocenters. The van der Waals surface area contributed by atoms with E-state index in [4.69, 9.17) is 0 Å². The summed E-state index contributed by atoms with van der Waals surface area (Å²) in [4.78, 5) is 26.5. The number of fused-ring (bicyclic) bond motifs is 2. The van der Waals surface area contributed by atoms with Crippen molar-refractivity contribution >= 4 is 32.6 Å².